The zero-order chi connectivity index (χ0) is 21.3. The molecule has 154 valence electrons. The third kappa shape index (κ3) is 3.86. The van der Waals surface area contributed by atoms with Crippen LogP contribution in [0.15, 0.2) is 54.0 Å². The number of benzene rings is 1. The number of rotatable bonds is 5. The SMILES string of the molecule is COc1ccc(CNC(=O)c2cnn3c(C(F)(F)F)cc(-c4cccs4)nc23)cc1. The third-order valence-electron chi connectivity index (χ3n) is 4.39. The number of halogens is 3. The van der Waals surface area contributed by atoms with Crippen LogP contribution < -0.4 is 10.1 Å². The van der Waals surface area contributed by atoms with Gasteiger partial charge < -0.3 is 10.1 Å². The Kier molecular flexibility index (Phi) is 5.17. The second-order valence-corrected chi connectivity index (χ2v) is 7.27. The number of aromatic nitrogens is 3. The molecule has 0 bridgehead atoms. The van der Waals surface area contributed by atoms with Crippen LogP contribution >= 0.6 is 11.3 Å². The fourth-order valence-electron chi connectivity index (χ4n) is 2.90. The van der Waals surface area contributed by atoms with E-state index in [9.17, 15) is 18.0 Å². The van der Waals surface area contributed by atoms with Gasteiger partial charge in [0.1, 0.15) is 11.3 Å². The van der Waals surface area contributed by atoms with Gasteiger partial charge >= 0.3 is 6.18 Å². The number of carbonyl (C=O) groups excluding carboxylic acids is 1. The smallest absolute Gasteiger partial charge is 0.433 e. The maximum atomic E-state index is 13.6. The fourth-order valence-corrected chi connectivity index (χ4v) is 3.58. The number of fused-ring (bicyclic) bond motifs is 1. The van der Waals surface area contributed by atoms with Crippen molar-refractivity contribution in [3.8, 4) is 16.3 Å². The Hall–Kier alpha value is -3.40. The van der Waals surface area contributed by atoms with Gasteiger partial charge in [0, 0.05) is 6.54 Å². The van der Waals surface area contributed by atoms with E-state index in [1.165, 1.54) is 11.3 Å². The van der Waals surface area contributed by atoms with E-state index in [-0.39, 0.29) is 23.4 Å². The minimum Gasteiger partial charge on any atom is -0.497 e. The molecule has 0 saturated carbocycles. The Labute approximate surface area is 172 Å². The molecule has 3 aromatic heterocycles. The number of methoxy groups -OCH3 is 1. The van der Waals surface area contributed by atoms with Crippen LogP contribution in [0.4, 0.5) is 13.2 Å². The number of nitrogens with one attached hydrogen (secondary N) is 1. The maximum Gasteiger partial charge on any atom is 0.433 e. The second-order valence-electron chi connectivity index (χ2n) is 6.33. The van der Waals surface area contributed by atoms with Gasteiger partial charge in [-0.2, -0.15) is 18.3 Å². The first-order valence-electron chi connectivity index (χ1n) is 8.78. The first-order valence-corrected chi connectivity index (χ1v) is 9.66. The summed E-state index contributed by atoms with van der Waals surface area (Å²) >= 11 is 1.26. The van der Waals surface area contributed by atoms with Gasteiger partial charge in [0.25, 0.3) is 5.91 Å². The minimum atomic E-state index is -4.66. The zero-order valence-electron chi connectivity index (χ0n) is 15.6. The molecule has 3 heterocycles. The molecule has 0 aliphatic rings. The molecule has 30 heavy (non-hydrogen) atoms. The number of amides is 1. The largest absolute Gasteiger partial charge is 0.497 e. The monoisotopic (exact) mass is 432 g/mol. The van der Waals surface area contributed by atoms with Gasteiger partial charge in [-0.05, 0) is 35.2 Å². The van der Waals surface area contributed by atoms with Crippen LogP contribution in [0.3, 0.4) is 0 Å². The number of alkyl halides is 3. The lowest BCUT2D eigenvalue weighted by atomic mass is 10.2. The number of carbonyl (C=O) groups is 1. The highest BCUT2D eigenvalue weighted by Gasteiger charge is 2.36. The predicted octanol–water partition coefficient (Wildman–Crippen LogP) is 4.42. The van der Waals surface area contributed by atoms with Gasteiger partial charge in [0.05, 0.1) is 23.9 Å². The standard InChI is InChI=1S/C20H15F3N4O2S/c1-29-13-6-4-12(5-7-13)10-24-19(28)14-11-25-27-17(20(21,22)23)9-15(26-18(14)27)16-3-2-8-30-16/h2-9,11H,10H2,1H3,(H,24,28). The predicted molar refractivity (Wildman–Crippen MR) is 105 cm³/mol. The zero-order valence-corrected chi connectivity index (χ0v) is 16.4. The summed E-state index contributed by atoms with van der Waals surface area (Å²) in [5.41, 5.74) is -0.239. The molecule has 1 amide bonds. The molecular weight excluding hydrogens is 417 g/mol. The normalized spacial score (nSPS) is 11.6. The van der Waals surface area contributed by atoms with Crippen molar-refractivity contribution in [2.45, 2.75) is 12.7 Å². The van der Waals surface area contributed by atoms with Crippen molar-refractivity contribution in [3.05, 3.63) is 70.9 Å². The second kappa shape index (κ2) is 7.79. The molecule has 4 aromatic rings. The summed E-state index contributed by atoms with van der Waals surface area (Å²) in [6.45, 7) is 0.191. The quantitative estimate of drug-likeness (QED) is 0.507. The van der Waals surface area contributed by atoms with Crippen molar-refractivity contribution < 1.29 is 22.7 Å². The van der Waals surface area contributed by atoms with Crippen molar-refractivity contribution in [1.29, 1.82) is 0 Å². The van der Waals surface area contributed by atoms with Crippen LogP contribution in [0, 0.1) is 0 Å². The van der Waals surface area contributed by atoms with Crippen LogP contribution in [0.5, 0.6) is 5.75 Å². The van der Waals surface area contributed by atoms with Crippen molar-refractivity contribution in [1.82, 2.24) is 19.9 Å². The molecule has 0 saturated heterocycles. The number of nitrogens with zero attached hydrogens (tertiary/aromatic N) is 3. The van der Waals surface area contributed by atoms with E-state index in [0.717, 1.165) is 17.8 Å². The summed E-state index contributed by atoms with van der Waals surface area (Å²) in [4.78, 5) is 17.5. The lowest BCUT2D eigenvalue weighted by Gasteiger charge is -2.11. The van der Waals surface area contributed by atoms with Crippen LogP contribution in [-0.4, -0.2) is 27.6 Å². The topological polar surface area (TPSA) is 68.5 Å². The molecule has 0 aliphatic heterocycles. The summed E-state index contributed by atoms with van der Waals surface area (Å²) in [6.07, 6.45) is -3.56. The summed E-state index contributed by atoms with van der Waals surface area (Å²) in [6, 6.07) is 11.4. The number of hydrogen-bond donors (Lipinski definition) is 1. The molecule has 1 N–H and O–H groups in total. The van der Waals surface area contributed by atoms with E-state index in [0.29, 0.717) is 15.1 Å². The van der Waals surface area contributed by atoms with Crippen molar-refractivity contribution in [2.24, 2.45) is 0 Å². The molecule has 1 aromatic carbocycles. The van der Waals surface area contributed by atoms with Crippen molar-refractivity contribution >= 4 is 22.9 Å². The van der Waals surface area contributed by atoms with Crippen LogP contribution in [0.2, 0.25) is 0 Å². The van der Waals surface area contributed by atoms with E-state index < -0.39 is 17.8 Å². The van der Waals surface area contributed by atoms with Crippen LogP contribution in [0.1, 0.15) is 21.6 Å². The first-order chi connectivity index (χ1) is 14.4. The van der Waals surface area contributed by atoms with Crippen LogP contribution in [0.25, 0.3) is 16.2 Å². The maximum absolute atomic E-state index is 13.6. The molecule has 4 rings (SSSR count). The highest BCUT2D eigenvalue weighted by Crippen LogP contribution is 2.33. The molecule has 0 spiro atoms. The molecule has 0 unspecified atom stereocenters. The molecular formula is C20H15F3N4O2S. The van der Waals surface area contributed by atoms with E-state index in [2.05, 4.69) is 15.4 Å². The Balaban J connectivity index is 1.68. The Bertz CT molecular complexity index is 1190. The van der Waals surface area contributed by atoms with Crippen LogP contribution in [-0.2, 0) is 12.7 Å². The summed E-state index contributed by atoms with van der Waals surface area (Å²) < 4.78 is 46.5. The molecule has 10 heteroatoms. The first kappa shape index (κ1) is 19.9. The summed E-state index contributed by atoms with van der Waals surface area (Å²) in [5, 5.41) is 8.20. The highest BCUT2D eigenvalue weighted by atomic mass is 32.1. The summed E-state index contributed by atoms with van der Waals surface area (Å²) in [7, 11) is 1.55. The molecule has 0 fully saturated rings. The van der Waals surface area contributed by atoms with Crippen molar-refractivity contribution in [3.63, 3.8) is 0 Å². The van der Waals surface area contributed by atoms with Crippen molar-refractivity contribution in [2.75, 3.05) is 7.11 Å². The number of ether oxygens (including phenoxy) is 1. The van der Waals surface area contributed by atoms with Gasteiger partial charge in [-0.1, -0.05) is 18.2 Å². The molecule has 0 radical (unpaired) electrons. The molecule has 0 aliphatic carbocycles. The lowest BCUT2D eigenvalue weighted by Crippen LogP contribution is -2.23. The van der Waals surface area contributed by atoms with Gasteiger partial charge in [0.2, 0.25) is 0 Å². The third-order valence-corrected chi connectivity index (χ3v) is 5.28. The van der Waals surface area contributed by atoms with Gasteiger partial charge in [-0.25, -0.2) is 9.50 Å². The minimum absolute atomic E-state index is 0.0348. The number of thiophene rings is 1. The van der Waals surface area contributed by atoms with E-state index in [1.54, 1.807) is 48.9 Å². The van der Waals surface area contributed by atoms with Gasteiger partial charge in [-0.15, -0.1) is 11.3 Å². The molecule has 6 nitrogen and oxygen atoms in total. The lowest BCUT2D eigenvalue weighted by molar-refractivity contribution is -0.142. The average molecular weight is 432 g/mol. The van der Waals surface area contributed by atoms with E-state index >= 15 is 0 Å². The Morgan fingerprint density at radius 1 is 1.23 bits per heavy atom. The van der Waals surface area contributed by atoms with E-state index in [4.69, 9.17) is 4.74 Å². The fraction of sp³-hybridized carbons (Fsp3) is 0.150. The Morgan fingerprint density at radius 3 is 2.63 bits per heavy atom. The van der Waals surface area contributed by atoms with Gasteiger partial charge in [-0.3, -0.25) is 4.79 Å². The highest BCUT2D eigenvalue weighted by molar-refractivity contribution is 7.13. The molecule has 0 atom stereocenters. The van der Waals surface area contributed by atoms with E-state index in [1.807, 2.05) is 0 Å². The average Bonchev–Trinajstić information content (AvgIpc) is 3.41. The summed E-state index contributed by atoms with van der Waals surface area (Å²) in [5.74, 6) is 0.113. The van der Waals surface area contributed by atoms with Gasteiger partial charge in [0.15, 0.2) is 11.3 Å². The number of hydrogen-bond acceptors (Lipinski definition) is 5. The Morgan fingerprint density at radius 2 is 2.00 bits per heavy atom.